The molecule has 0 N–H and O–H groups in total. The molecule has 4 nitrogen and oxygen atoms in total. The van der Waals surface area contributed by atoms with Gasteiger partial charge in [0.25, 0.3) is 5.91 Å². The lowest BCUT2D eigenvalue weighted by atomic mass is 9.87. The van der Waals surface area contributed by atoms with Crippen LogP contribution >= 0.6 is 0 Å². The highest BCUT2D eigenvalue weighted by molar-refractivity contribution is 5.89. The Balaban J connectivity index is 1.34. The number of piperidine rings is 1. The Bertz CT molecular complexity index is 651. The van der Waals surface area contributed by atoms with Crippen LogP contribution in [0.3, 0.4) is 0 Å². The minimum absolute atomic E-state index is 0.157. The maximum atomic E-state index is 13.3. The third-order valence-corrected chi connectivity index (χ3v) is 6.03. The Kier molecular flexibility index (Phi) is 4.32. The molecule has 0 atom stereocenters. The molecule has 0 radical (unpaired) electrons. The summed E-state index contributed by atoms with van der Waals surface area (Å²) in [7, 11) is 0. The fourth-order valence-corrected chi connectivity index (χ4v) is 4.31. The molecule has 2 spiro atoms. The van der Waals surface area contributed by atoms with Crippen LogP contribution in [0.5, 0.6) is 0 Å². The lowest BCUT2D eigenvalue weighted by Crippen LogP contribution is -2.62. The van der Waals surface area contributed by atoms with Crippen molar-refractivity contribution in [2.45, 2.75) is 50.2 Å². The molecule has 3 aliphatic rings. The zero-order valence-electron chi connectivity index (χ0n) is 15.0. The van der Waals surface area contributed by atoms with Crippen LogP contribution in [-0.2, 0) is 16.0 Å². The predicted octanol–water partition coefficient (Wildman–Crippen LogP) is 2.61. The van der Waals surface area contributed by atoms with Gasteiger partial charge < -0.3 is 14.5 Å². The van der Waals surface area contributed by atoms with Crippen LogP contribution in [0.1, 0.15) is 38.2 Å². The summed E-state index contributed by atoms with van der Waals surface area (Å²) in [5.74, 6) is 0.0407. The van der Waals surface area contributed by atoms with Crippen LogP contribution in [0.4, 0.5) is 4.39 Å². The van der Waals surface area contributed by atoms with Crippen molar-refractivity contribution in [1.29, 1.82) is 0 Å². The van der Waals surface area contributed by atoms with Gasteiger partial charge in [-0.2, -0.15) is 0 Å². The zero-order valence-corrected chi connectivity index (χ0v) is 15.0. The van der Waals surface area contributed by atoms with Gasteiger partial charge in [-0.3, -0.25) is 4.79 Å². The minimum Gasteiger partial charge on any atom is -0.357 e. The summed E-state index contributed by atoms with van der Waals surface area (Å²) in [6.07, 6.45) is 4.58. The molecule has 5 heteroatoms. The molecule has 1 aromatic carbocycles. The molecule has 1 aromatic rings. The Morgan fingerprint density at radius 1 is 1.20 bits per heavy atom. The fourth-order valence-electron chi connectivity index (χ4n) is 4.31. The zero-order chi connectivity index (χ0) is 17.5. The summed E-state index contributed by atoms with van der Waals surface area (Å²) in [6, 6.07) is 6.87. The molecule has 2 aliphatic heterocycles. The lowest BCUT2D eigenvalue weighted by molar-refractivity contribution is -0.200. The Labute approximate surface area is 148 Å². The van der Waals surface area contributed by atoms with Crippen molar-refractivity contribution in [3.63, 3.8) is 0 Å². The van der Waals surface area contributed by atoms with Crippen molar-refractivity contribution in [2.75, 3.05) is 32.7 Å². The standard InChI is InChI=1S/C20H27FN2O2/c1-2-23-15-19(25-20(7-8-20)18(23)24)9-12-22(13-10-19)11-6-16-4-3-5-17(21)14-16/h3-5,14H,2,6-13,15H2,1H3. The summed E-state index contributed by atoms with van der Waals surface area (Å²) in [5, 5.41) is 0. The van der Waals surface area contributed by atoms with Gasteiger partial charge in [-0.05, 0) is 56.7 Å². The molecule has 1 aliphatic carbocycles. The molecular formula is C20H27FN2O2. The number of morpholine rings is 1. The van der Waals surface area contributed by atoms with E-state index in [2.05, 4.69) is 11.8 Å². The van der Waals surface area contributed by atoms with E-state index in [0.29, 0.717) is 0 Å². The summed E-state index contributed by atoms with van der Waals surface area (Å²) < 4.78 is 19.7. The van der Waals surface area contributed by atoms with E-state index in [1.807, 2.05) is 11.0 Å². The Hall–Kier alpha value is -1.46. The lowest BCUT2D eigenvalue weighted by Gasteiger charge is -2.50. The molecule has 0 unspecified atom stereocenters. The van der Waals surface area contributed by atoms with Crippen molar-refractivity contribution in [1.82, 2.24) is 9.80 Å². The molecule has 25 heavy (non-hydrogen) atoms. The summed E-state index contributed by atoms with van der Waals surface area (Å²) in [6.45, 7) is 6.48. The highest BCUT2D eigenvalue weighted by Gasteiger charge is 2.61. The first-order valence-electron chi connectivity index (χ1n) is 9.51. The van der Waals surface area contributed by atoms with E-state index in [0.717, 1.165) is 70.4 Å². The van der Waals surface area contributed by atoms with E-state index >= 15 is 0 Å². The highest BCUT2D eigenvalue weighted by Crippen LogP contribution is 2.49. The van der Waals surface area contributed by atoms with Crippen molar-refractivity contribution < 1.29 is 13.9 Å². The first-order valence-corrected chi connectivity index (χ1v) is 9.51. The largest absolute Gasteiger partial charge is 0.357 e. The van der Waals surface area contributed by atoms with Crippen LogP contribution in [-0.4, -0.2) is 59.6 Å². The highest BCUT2D eigenvalue weighted by atomic mass is 19.1. The van der Waals surface area contributed by atoms with Crippen LogP contribution in [0.15, 0.2) is 24.3 Å². The van der Waals surface area contributed by atoms with Crippen LogP contribution in [0, 0.1) is 5.82 Å². The smallest absolute Gasteiger partial charge is 0.254 e. The molecule has 136 valence electrons. The van der Waals surface area contributed by atoms with Gasteiger partial charge in [0, 0.05) is 32.7 Å². The maximum Gasteiger partial charge on any atom is 0.254 e. The monoisotopic (exact) mass is 346 g/mol. The second-order valence-corrected chi connectivity index (χ2v) is 7.82. The number of ether oxygens (including phenoxy) is 1. The second-order valence-electron chi connectivity index (χ2n) is 7.82. The van der Waals surface area contributed by atoms with Crippen LogP contribution in [0.2, 0.25) is 0 Å². The molecular weight excluding hydrogens is 319 g/mol. The number of rotatable bonds is 4. The molecule has 0 aromatic heterocycles. The number of halogens is 1. The van der Waals surface area contributed by atoms with Crippen molar-refractivity contribution >= 4 is 5.91 Å². The van der Waals surface area contributed by atoms with E-state index in [9.17, 15) is 9.18 Å². The van der Waals surface area contributed by atoms with Crippen LogP contribution in [0.25, 0.3) is 0 Å². The number of carbonyl (C=O) groups is 1. The molecule has 1 amide bonds. The first-order chi connectivity index (χ1) is 12.0. The third kappa shape index (κ3) is 3.32. The third-order valence-electron chi connectivity index (χ3n) is 6.03. The van der Waals surface area contributed by atoms with E-state index in [1.165, 1.54) is 6.07 Å². The number of hydrogen-bond donors (Lipinski definition) is 0. The minimum atomic E-state index is -0.488. The molecule has 1 saturated carbocycles. The van der Waals surface area contributed by atoms with E-state index in [4.69, 9.17) is 4.74 Å². The van der Waals surface area contributed by atoms with Crippen LogP contribution < -0.4 is 0 Å². The second kappa shape index (κ2) is 6.36. The van der Waals surface area contributed by atoms with E-state index in [1.54, 1.807) is 12.1 Å². The molecule has 3 fully saturated rings. The van der Waals surface area contributed by atoms with Crippen molar-refractivity contribution in [2.24, 2.45) is 0 Å². The van der Waals surface area contributed by atoms with Crippen molar-refractivity contribution in [3.8, 4) is 0 Å². The average molecular weight is 346 g/mol. The first kappa shape index (κ1) is 17.0. The number of hydrogen-bond acceptors (Lipinski definition) is 3. The Morgan fingerprint density at radius 3 is 2.60 bits per heavy atom. The predicted molar refractivity (Wildman–Crippen MR) is 93.8 cm³/mol. The number of likely N-dealkylation sites (N-methyl/N-ethyl adjacent to an activating group) is 1. The van der Waals surface area contributed by atoms with E-state index in [-0.39, 0.29) is 17.3 Å². The Morgan fingerprint density at radius 2 is 1.96 bits per heavy atom. The number of amides is 1. The SMILES string of the molecule is CCN1CC2(CCN(CCc3cccc(F)c3)CC2)OC2(CC2)C1=O. The summed E-state index contributed by atoms with van der Waals surface area (Å²) in [4.78, 5) is 16.9. The normalized spacial score (nSPS) is 24.9. The van der Waals surface area contributed by atoms with Crippen molar-refractivity contribution in [3.05, 3.63) is 35.6 Å². The van der Waals surface area contributed by atoms with E-state index < -0.39 is 5.60 Å². The topological polar surface area (TPSA) is 32.8 Å². The molecule has 2 heterocycles. The van der Waals surface area contributed by atoms with Gasteiger partial charge >= 0.3 is 0 Å². The quantitative estimate of drug-likeness (QED) is 0.840. The van der Waals surface area contributed by atoms with Gasteiger partial charge in [0.1, 0.15) is 11.4 Å². The number of likely N-dealkylation sites (tertiary alicyclic amines) is 1. The maximum absolute atomic E-state index is 13.3. The van der Waals surface area contributed by atoms with Gasteiger partial charge in [0.05, 0.1) is 5.60 Å². The van der Waals surface area contributed by atoms with Gasteiger partial charge in [-0.1, -0.05) is 12.1 Å². The number of nitrogens with zero attached hydrogens (tertiary/aromatic N) is 2. The molecule has 4 rings (SSSR count). The molecule has 0 bridgehead atoms. The number of benzene rings is 1. The van der Waals surface area contributed by atoms with Gasteiger partial charge in [0.15, 0.2) is 0 Å². The fraction of sp³-hybridized carbons (Fsp3) is 0.650. The van der Waals surface area contributed by atoms with Gasteiger partial charge in [0.2, 0.25) is 0 Å². The molecule has 2 saturated heterocycles. The van der Waals surface area contributed by atoms with Gasteiger partial charge in [-0.25, -0.2) is 4.39 Å². The number of carbonyl (C=O) groups excluding carboxylic acids is 1. The van der Waals surface area contributed by atoms with Gasteiger partial charge in [-0.15, -0.1) is 0 Å². The average Bonchev–Trinajstić information content (AvgIpc) is 3.38. The summed E-state index contributed by atoms with van der Waals surface area (Å²) in [5.41, 5.74) is 0.405. The summed E-state index contributed by atoms with van der Waals surface area (Å²) >= 11 is 0.